The Kier molecular flexibility index (Phi) is 3.77. The Balaban J connectivity index is 2.05. The molecule has 1 aromatic rings. The van der Waals surface area contributed by atoms with Crippen molar-refractivity contribution < 1.29 is 9.59 Å². The summed E-state index contributed by atoms with van der Waals surface area (Å²) in [6, 6.07) is 5.72. The lowest BCUT2D eigenvalue weighted by Gasteiger charge is -2.17. The highest BCUT2D eigenvalue weighted by Crippen LogP contribution is 2.23. The zero-order chi connectivity index (χ0) is 13.0. The van der Waals surface area contributed by atoms with Crippen molar-refractivity contribution in [1.29, 1.82) is 0 Å². The monoisotopic (exact) mass is 244 g/mol. The van der Waals surface area contributed by atoms with Crippen LogP contribution in [-0.2, 0) is 22.4 Å². The molecule has 0 bridgehead atoms. The van der Waals surface area contributed by atoms with Gasteiger partial charge in [0.25, 0.3) is 0 Å². The van der Waals surface area contributed by atoms with Gasteiger partial charge in [-0.1, -0.05) is 18.2 Å². The van der Waals surface area contributed by atoms with E-state index < -0.39 is 0 Å². The molecule has 0 fully saturated rings. The van der Waals surface area contributed by atoms with E-state index in [0.29, 0.717) is 19.4 Å². The summed E-state index contributed by atoms with van der Waals surface area (Å²) >= 11 is 0. The van der Waals surface area contributed by atoms with Gasteiger partial charge in [-0.2, -0.15) is 0 Å². The molecule has 4 nitrogen and oxygen atoms in total. The van der Waals surface area contributed by atoms with Crippen LogP contribution >= 0.6 is 0 Å². The second kappa shape index (κ2) is 5.49. The molecule has 0 radical (unpaired) electrons. The van der Waals surface area contributed by atoms with Gasteiger partial charge in [0.2, 0.25) is 11.8 Å². The molecule has 2 amide bonds. The predicted molar refractivity (Wildman–Crippen MR) is 70.3 cm³/mol. The lowest BCUT2D eigenvalue weighted by molar-refractivity contribution is -0.120. The Morgan fingerprint density at radius 3 is 3.06 bits per heavy atom. The van der Waals surface area contributed by atoms with Gasteiger partial charge in [0.15, 0.2) is 0 Å². The lowest BCUT2D eigenvalue weighted by atomic mass is 9.99. The summed E-state index contributed by atoms with van der Waals surface area (Å²) in [5.74, 6) is 0.0358. The summed E-state index contributed by atoms with van der Waals surface area (Å²) in [4.78, 5) is 22.8. The number of aryl methyl sites for hydroxylation is 1. The molecule has 0 spiro atoms. The number of anilines is 1. The van der Waals surface area contributed by atoms with E-state index in [4.69, 9.17) is 0 Å². The minimum atomic E-state index is -0.0188. The van der Waals surface area contributed by atoms with Crippen molar-refractivity contribution in [3.8, 4) is 0 Å². The highest BCUT2D eigenvalue weighted by Gasteiger charge is 2.15. The number of amides is 2. The van der Waals surface area contributed by atoms with Crippen LogP contribution in [0.5, 0.6) is 0 Å². The summed E-state index contributed by atoms with van der Waals surface area (Å²) in [5.41, 5.74) is 2.93. The molecule has 4 heteroatoms. The van der Waals surface area contributed by atoms with Gasteiger partial charge in [0.1, 0.15) is 0 Å². The first-order valence-corrected chi connectivity index (χ1v) is 5.98. The van der Waals surface area contributed by atoms with E-state index in [1.807, 2.05) is 18.2 Å². The number of benzene rings is 1. The number of nitrogens with one attached hydrogen (secondary N) is 2. The molecule has 1 aliphatic heterocycles. The largest absolute Gasteiger partial charge is 0.352 e. The van der Waals surface area contributed by atoms with Crippen LogP contribution in [0, 0.1) is 0 Å². The van der Waals surface area contributed by atoms with Crippen LogP contribution in [0.4, 0.5) is 5.69 Å². The minimum Gasteiger partial charge on any atom is -0.352 e. The van der Waals surface area contributed by atoms with Gasteiger partial charge in [0, 0.05) is 18.7 Å². The van der Waals surface area contributed by atoms with Crippen molar-refractivity contribution in [2.45, 2.75) is 19.3 Å². The van der Waals surface area contributed by atoms with Gasteiger partial charge in [-0.3, -0.25) is 9.59 Å². The zero-order valence-corrected chi connectivity index (χ0v) is 10.2. The van der Waals surface area contributed by atoms with Crippen LogP contribution in [0.15, 0.2) is 30.9 Å². The molecule has 2 N–H and O–H groups in total. The van der Waals surface area contributed by atoms with Crippen molar-refractivity contribution in [3.05, 3.63) is 42.0 Å². The third-order valence-electron chi connectivity index (χ3n) is 2.87. The molecule has 0 atom stereocenters. The average molecular weight is 244 g/mol. The second-order valence-electron chi connectivity index (χ2n) is 4.31. The fraction of sp³-hybridized carbons (Fsp3) is 0.286. The van der Waals surface area contributed by atoms with E-state index in [2.05, 4.69) is 17.2 Å². The maximum atomic E-state index is 11.6. The number of hydrogen-bond acceptors (Lipinski definition) is 2. The molecule has 0 saturated carbocycles. The molecule has 0 aliphatic carbocycles. The number of fused-ring (bicyclic) bond motifs is 1. The molecule has 18 heavy (non-hydrogen) atoms. The molecule has 0 saturated heterocycles. The maximum Gasteiger partial charge on any atom is 0.224 e. The first-order valence-electron chi connectivity index (χ1n) is 5.98. The Morgan fingerprint density at radius 2 is 2.28 bits per heavy atom. The summed E-state index contributed by atoms with van der Waals surface area (Å²) in [6.07, 6.45) is 3.26. The lowest BCUT2D eigenvalue weighted by Crippen LogP contribution is -2.25. The first kappa shape index (κ1) is 12.4. The molecule has 0 unspecified atom stereocenters. The Labute approximate surface area is 106 Å². The van der Waals surface area contributed by atoms with E-state index in [1.54, 1.807) is 6.08 Å². The summed E-state index contributed by atoms with van der Waals surface area (Å²) < 4.78 is 0. The Bertz CT molecular complexity index is 495. The average Bonchev–Trinajstić information content (AvgIpc) is 2.36. The smallest absolute Gasteiger partial charge is 0.224 e. The van der Waals surface area contributed by atoms with Gasteiger partial charge in [0.05, 0.1) is 6.42 Å². The van der Waals surface area contributed by atoms with E-state index >= 15 is 0 Å². The van der Waals surface area contributed by atoms with Crippen LogP contribution < -0.4 is 10.6 Å². The summed E-state index contributed by atoms with van der Waals surface area (Å²) in [5, 5.41) is 5.56. The van der Waals surface area contributed by atoms with E-state index in [1.165, 1.54) is 0 Å². The SMILES string of the molecule is C=CCNC(=O)Cc1ccc2c(c1)CCC(=O)N2. The van der Waals surface area contributed by atoms with Crippen molar-refractivity contribution in [2.75, 3.05) is 11.9 Å². The van der Waals surface area contributed by atoms with E-state index in [9.17, 15) is 9.59 Å². The quantitative estimate of drug-likeness (QED) is 0.787. The minimum absolute atomic E-state index is 0.0188. The Hall–Kier alpha value is -2.10. The molecule has 2 rings (SSSR count). The fourth-order valence-electron chi connectivity index (χ4n) is 1.98. The van der Waals surface area contributed by atoms with Crippen molar-refractivity contribution in [2.24, 2.45) is 0 Å². The molecule has 1 aromatic carbocycles. The van der Waals surface area contributed by atoms with Crippen LogP contribution in [-0.4, -0.2) is 18.4 Å². The van der Waals surface area contributed by atoms with E-state index in [-0.39, 0.29) is 11.8 Å². The third kappa shape index (κ3) is 2.97. The fourth-order valence-corrected chi connectivity index (χ4v) is 1.98. The highest BCUT2D eigenvalue weighted by molar-refractivity contribution is 5.94. The molecule has 1 aliphatic rings. The van der Waals surface area contributed by atoms with Crippen molar-refractivity contribution >= 4 is 17.5 Å². The van der Waals surface area contributed by atoms with Gasteiger partial charge >= 0.3 is 0 Å². The summed E-state index contributed by atoms with van der Waals surface area (Å²) in [6.45, 7) is 4.04. The standard InChI is InChI=1S/C14H16N2O2/c1-2-7-15-14(18)9-10-3-5-12-11(8-10)4-6-13(17)16-12/h2-3,5,8H,1,4,6-7,9H2,(H,15,18)(H,16,17). The zero-order valence-electron chi connectivity index (χ0n) is 10.2. The topological polar surface area (TPSA) is 58.2 Å². The number of hydrogen-bond donors (Lipinski definition) is 2. The van der Waals surface area contributed by atoms with Crippen LogP contribution in [0.2, 0.25) is 0 Å². The van der Waals surface area contributed by atoms with Gasteiger partial charge in [-0.05, 0) is 23.6 Å². The molecule has 94 valence electrons. The van der Waals surface area contributed by atoms with Crippen LogP contribution in [0.25, 0.3) is 0 Å². The molecular formula is C14H16N2O2. The first-order chi connectivity index (χ1) is 8.69. The van der Waals surface area contributed by atoms with Crippen LogP contribution in [0.1, 0.15) is 17.5 Å². The number of rotatable bonds is 4. The normalized spacial score (nSPS) is 13.4. The highest BCUT2D eigenvalue weighted by atomic mass is 16.2. The van der Waals surface area contributed by atoms with Crippen LogP contribution in [0.3, 0.4) is 0 Å². The van der Waals surface area contributed by atoms with Gasteiger partial charge in [-0.15, -0.1) is 6.58 Å². The molecular weight excluding hydrogens is 228 g/mol. The Morgan fingerprint density at radius 1 is 1.44 bits per heavy atom. The van der Waals surface area contributed by atoms with Crippen molar-refractivity contribution in [3.63, 3.8) is 0 Å². The van der Waals surface area contributed by atoms with Gasteiger partial charge in [-0.25, -0.2) is 0 Å². The second-order valence-corrected chi connectivity index (χ2v) is 4.31. The van der Waals surface area contributed by atoms with E-state index in [0.717, 1.165) is 23.2 Å². The maximum absolute atomic E-state index is 11.6. The van der Waals surface area contributed by atoms with Gasteiger partial charge < -0.3 is 10.6 Å². The predicted octanol–water partition coefficient (Wildman–Crippen LogP) is 1.42. The third-order valence-corrected chi connectivity index (χ3v) is 2.87. The summed E-state index contributed by atoms with van der Waals surface area (Å²) in [7, 11) is 0. The number of carbonyl (C=O) groups excluding carboxylic acids is 2. The number of carbonyl (C=O) groups is 2. The van der Waals surface area contributed by atoms with Crippen molar-refractivity contribution in [1.82, 2.24) is 5.32 Å². The molecule has 1 heterocycles. The molecule has 0 aromatic heterocycles.